The standard InChI is InChI=1S/C26H33N5O2.C4H4O4/c1-20(2)27-26(33)19-30-16-14-29(15-17-30)18-25-28-22-10-6-7-11-23(22)31(25)13-12-24(32)21-8-4-3-5-9-21;5-3(6)1-2-4(7)8/h3-11,20H,12-19H2,1-2H3,(H,27,33);1-2H,(H,5,6)(H,7,8)/b;2-1-. The number of amides is 1. The Morgan fingerprint density at radius 1 is 0.878 bits per heavy atom. The number of fused-ring (bicyclic) bond motifs is 1. The van der Waals surface area contributed by atoms with E-state index in [2.05, 4.69) is 25.8 Å². The lowest BCUT2D eigenvalue weighted by Crippen LogP contribution is -2.49. The number of aliphatic carboxylic acids is 2. The minimum atomic E-state index is -1.26. The van der Waals surface area contributed by atoms with Crippen molar-refractivity contribution in [2.24, 2.45) is 0 Å². The molecule has 1 aliphatic rings. The summed E-state index contributed by atoms with van der Waals surface area (Å²) < 4.78 is 2.19. The number of aryl methyl sites for hydroxylation is 1. The number of benzene rings is 2. The first-order valence-corrected chi connectivity index (χ1v) is 13.5. The molecule has 0 bridgehead atoms. The van der Waals surface area contributed by atoms with Crippen LogP contribution in [-0.2, 0) is 27.5 Å². The van der Waals surface area contributed by atoms with E-state index < -0.39 is 11.9 Å². The quantitative estimate of drug-likeness (QED) is 0.237. The fourth-order valence-corrected chi connectivity index (χ4v) is 4.50. The number of nitrogens with one attached hydrogen (secondary N) is 1. The van der Waals surface area contributed by atoms with Crippen molar-refractivity contribution < 1.29 is 29.4 Å². The Balaban J connectivity index is 0.000000507. The predicted octanol–water partition coefficient (Wildman–Crippen LogP) is 2.66. The Morgan fingerprint density at radius 3 is 2.07 bits per heavy atom. The Kier molecular flexibility index (Phi) is 11.7. The van der Waals surface area contributed by atoms with E-state index in [1.807, 2.05) is 62.4 Å². The molecule has 0 spiro atoms. The van der Waals surface area contributed by atoms with Crippen molar-refractivity contribution in [3.05, 3.63) is 78.1 Å². The first kappa shape index (κ1) is 31.2. The molecule has 1 aromatic heterocycles. The predicted molar refractivity (Wildman–Crippen MR) is 155 cm³/mol. The van der Waals surface area contributed by atoms with Crippen LogP contribution in [0.5, 0.6) is 0 Å². The van der Waals surface area contributed by atoms with Crippen LogP contribution in [0.3, 0.4) is 0 Å². The zero-order valence-corrected chi connectivity index (χ0v) is 23.4. The minimum Gasteiger partial charge on any atom is -0.478 e. The average molecular weight is 564 g/mol. The number of carboxylic acids is 2. The number of imidazole rings is 1. The molecule has 3 aromatic rings. The Hall–Kier alpha value is -4.35. The highest BCUT2D eigenvalue weighted by atomic mass is 16.4. The molecule has 0 radical (unpaired) electrons. The fourth-order valence-electron chi connectivity index (χ4n) is 4.50. The molecular weight excluding hydrogens is 526 g/mol. The second-order valence-electron chi connectivity index (χ2n) is 9.99. The number of aromatic nitrogens is 2. The summed E-state index contributed by atoms with van der Waals surface area (Å²) in [6, 6.07) is 17.8. The number of hydrogen-bond acceptors (Lipinski definition) is 7. The maximum Gasteiger partial charge on any atom is 0.328 e. The number of carbonyl (C=O) groups is 4. The van der Waals surface area contributed by atoms with Crippen molar-refractivity contribution in [2.45, 2.75) is 39.4 Å². The van der Waals surface area contributed by atoms with Crippen LogP contribution < -0.4 is 5.32 Å². The van der Waals surface area contributed by atoms with Crippen molar-refractivity contribution in [3.63, 3.8) is 0 Å². The molecule has 218 valence electrons. The van der Waals surface area contributed by atoms with Crippen molar-refractivity contribution in [1.82, 2.24) is 24.7 Å². The second-order valence-corrected chi connectivity index (χ2v) is 9.99. The molecule has 0 atom stereocenters. The second kappa shape index (κ2) is 15.4. The van der Waals surface area contributed by atoms with Crippen LogP contribution in [0.25, 0.3) is 11.0 Å². The third kappa shape index (κ3) is 10.3. The zero-order chi connectivity index (χ0) is 29.8. The van der Waals surface area contributed by atoms with Gasteiger partial charge in [0.05, 0.1) is 24.1 Å². The third-order valence-corrected chi connectivity index (χ3v) is 6.41. The molecule has 2 heterocycles. The minimum absolute atomic E-state index is 0.0864. The maximum absolute atomic E-state index is 12.7. The van der Waals surface area contributed by atoms with E-state index in [0.717, 1.165) is 55.1 Å². The largest absolute Gasteiger partial charge is 0.478 e. The van der Waals surface area contributed by atoms with Crippen molar-refractivity contribution in [2.75, 3.05) is 32.7 Å². The number of hydrogen-bond donors (Lipinski definition) is 3. The van der Waals surface area contributed by atoms with E-state index >= 15 is 0 Å². The highest BCUT2D eigenvalue weighted by Gasteiger charge is 2.22. The van der Waals surface area contributed by atoms with Gasteiger partial charge in [-0.1, -0.05) is 42.5 Å². The van der Waals surface area contributed by atoms with E-state index in [4.69, 9.17) is 15.2 Å². The van der Waals surface area contributed by atoms with Crippen molar-refractivity contribution in [3.8, 4) is 0 Å². The molecule has 0 aliphatic carbocycles. The summed E-state index contributed by atoms with van der Waals surface area (Å²) in [5.74, 6) is -1.29. The van der Waals surface area contributed by atoms with Gasteiger partial charge in [-0.2, -0.15) is 0 Å². The summed E-state index contributed by atoms with van der Waals surface area (Å²) in [6.07, 6.45) is 1.56. The van der Waals surface area contributed by atoms with Gasteiger partial charge in [0.2, 0.25) is 5.91 Å². The molecule has 4 rings (SSSR count). The van der Waals surface area contributed by atoms with Crippen LogP contribution in [0.2, 0.25) is 0 Å². The molecule has 2 aromatic carbocycles. The molecule has 11 nitrogen and oxygen atoms in total. The molecule has 0 unspecified atom stereocenters. The van der Waals surface area contributed by atoms with Gasteiger partial charge in [-0.15, -0.1) is 0 Å². The molecule has 11 heteroatoms. The van der Waals surface area contributed by atoms with Crippen LogP contribution in [0.1, 0.15) is 36.5 Å². The van der Waals surface area contributed by atoms with Gasteiger partial charge in [-0.05, 0) is 26.0 Å². The zero-order valence-electron chi connectivity index (χ0n) is 23.4. The molecule has 3 N–H and O–H groups in total. The first-order chi connectivity index (χ1) is 19.6. The van der Waals surface area contributed by atoms with Gasteiger partial charge in [0, 0.05) is 62.9 Å². The van der Waals surface area contributed by atoms with Crippen LogP contribution in [0.15, 0.2) is 66.7 Å². The first-order valence-electron chi connectivity index (χ1n) is 13.5. The summed E-state index contributed by atoms with van der Waals surface area (Å²) in [6.45, 7) is 9.26. The Labute approximate surface area is 239 Å². The summed E-state index contributed by atoms with van der Waals surface area (Å²) in [4.78, 5) is 53.3. The van der Waals surface area contributed by atoms with E-state index in [0.29, 0.717) is 31.7 Å². The van der Waals surface area contributed by atoms with Crippen LogP contribution in [0, 0.1) is 0 Å². The topological polar surface area (TPSA) is 145 Å². The van der Waals surface area contributed by atoms with Crippen LogP contribution in [0.4, 0.5) is 0 Å². The monoisotopic (exact) mass is 563 g/mol. The number of Topliss-reactive ketones (excluding diaryl/α,β-unsaturated/α-hetero) is 1. The van der Waals surface area contributed by atoms with Gasteiger partial charge in [0.1, 0.15) is 5.82 Å². The Morgan fingerprint density at radius 2 is 1.46 bits per heavy atom. The van der Waals surface area contributed by atoms with Gasteiger partial charge < -0.3 is 20.1 Å². The number of carbonyl (C=O) groups excluding carboxylic acids is 2. The summed E-state index contributed by atoms with van der Waals surface area (Å²) in [5.41, 5.74) is 2.78. The molecule has 1 fully saturated rings. The number of ketones is 1. The number of rotatable bonds is 11. The van der Waals surface area contributed by atoms with Gasteiger partial charge in [-0.25, -0.2) is 14.6 Å². The summed E-state index contributed by atoms with van der Waals surface area (Å²) in [5, 5.41) is 18.6. The van der Waals surface area contributed by atoms with E-state index in [1.165, 1.54) is 0 Å². The molecular formula is C30H37N5O6. The molecule has 0 saturated carbocycles. The van der Waals surface area contributed by atoms with Gasteiger partial charge in [0.25, 0.3) is 0 Å². The van der Waals surface area contributed by atoms with Crippen LogP contribution >= 0.6 is 0 Å². The average Bonchev–Trinajstić information content (AvgIpc) is 3.28. The van der Waals surface area contributed by atoms with E-state index in [1.54, 1.807) is 0 Å². The lowest BCUT2D eigenvalue weighted by atomic mass is 10.1. The van der Waals surface area contributed by atoms with E-state index in [9.17, 15) is 19.2 Å². The van der Waals surface area contributed by atoms with Crippen LogP contribution in [-0.4, -0.2) is 92.0 Å². The third-order valence-electron chi connectivity index (χ3n) is 6.41. The lowest BCUT2D eigenvalue weighted by Gasteiger charge is -2.34. The fraction of sp³-hybridized carbons (Fsp3) is 0.367. The van der Waals surface area contributed by atoms with Crippen molar-refractivity contribution in [1.29, 1.82) is 0 Å². The number of carboxylic acid groups (broad SMARTS) is 2. The molecule has 41 heavy (non-hydrogen) atoms. The molecule has 1 amide bonds. The maximum atomic E-state index is 12.7. The Bertz CT molecular complexity index is 1340. The van der Waals surface area contributed by atoms with Gasteiger partial charge in [-0.3, -0.25) is 19.4 Å². The molecule has 1 aliphatic heterocycles. The highest BCUT2D eigenvalue weighted by molar-refractivity contribution is 5.96. The lowest BCUT2D eigenvalue weighted by molar-refractivity contribution is -0.134. The number of nitrogens with zero attached hydrogens (tertiary/aromatic N) is 4. The number of piperazine rings is 1. The van der Waals surface area contributed by atoms with E-state index in [-0.39, 0.29) is 17.7 Å². The summed E-state index contributed by atoms with van der Waals surface area (Å²) >= 11 is 0. The smallest absolute Gasteiger partial charge is 0.328 e. The SMILES string of the molecule is CC(C)NC(=O)CN1CCN(Cc2nc3ccccc3n2CCC(=O)c2ccccc2)CC1.O=C(O)/C=C\C(=O)O. The highest BCUT2D eigenvalue weighted by Crippen LogP contribution is 2.19. The normalized spacial score (nSPS) is 14.1. The van der Waals surface area contributed by atoms with Crippen molar-refractivity contribution >= 4 is 34.7 Å². The van der Waals surface area contributed by atoms with Gasteiger partial charge in [0.15, 0.2) is 5.78 Å². The van der Waals surface area contributed by atoms with Gasteiger partial charge >= 0.3 is 11.9 Å². The summed E-state index contributed by atoms with van der Waals surface area (Å²) in [7, 11) is 0. The molecule has 1 saturated heterocycles. The number of para-hydroxylation sites is 2.